The van der Waals surface area contributed by atoms with E-state index in [2.05, 4.69) is 21.2 Å². The van der Waals surface area contributed by atoms with Crippen LogP contribution in [0.25, 0.3) is 0 Å². The summed E-state index contributed by atoms with van der Waals surface area (Å²) in [5.74, 6) is -1.31. The van der Waals surface area contributed by atoms with E-state index in [4.69, 9.17) is 0 Å². The Labute approximate surface area is 182 Å². The van der Waals surface area contributed by atoms with E-state index in [-0.39, 0.29) is 0 Å². The number of nitrogens with one attached hydrogen (secondary N) is 1. The Kier molecular flexibility index (Phi) is 5.50. The van der Waals surface area contributed by atoms with E-state index in [1.165, 1.54) is 0 Å². The maximum absolute atomic E-state index is 13.2. The lowest BCUT2D eigenvalue weighted by molar-refractivity contribution is -0.125. The molecular formula is C24H19BrN2O3. The summed E-state index contributed by atoms with van der Waals surface area (Å²) in [7, 11) is 0. The molecule has 0 saturated heterocycles. The fourth-order valence-corrected chi connectivity index (χ4v) is 4.15. The minimum absolute atomic E-state index is 0.326. The molecule has 30 heavy (non-hydrogen) atoms. The van der Waals surface area contributed by atoms with E-state index >= 15 is 0 Å². The molecule has 3 amide bonds. The second kappa shape index (κ2) is 8.24. The number of fused-ring (bicyclic) bond motifs is 1. The molecule has 0 aromatic heterocycles. The number of amides is 3. The minimum Gasteiger partial charge on any atom is -0.343 e. The van der Waals surface area contributed by atoms with Crippen molar-refractivity contribution < 1.29 is 14.4 Å². The first-order valence-electron chi connectivity index (χ1n) is 9.55. The molecule has 6 heteroatoms. The molecule has 5 nitrogen and oxygen atoms in total. The van der Waals surface area contributed by atoms with Gasteiger partial charge in [-0.15, -0.1) is 0 Å². The molecular weight excluding hydrogens is 444 g/mol. The summed E-state index contributed by atoms with van der Waals surface area (Å²) < 4.78 is 0.854. The Morgan fingerprint density at radius 2 is 1.37 bits per heavy atom. The van der Waals surface area contributed by atoms with Gasteiger partial charge in [0.2, 0.25) is 5.91 Å². The SMILES string of the molecule is CC(C(=O)NC(c1ccccc1)c1ccccc1Br)N1C(=O)c2ccccc2C1=O. The van der Waals surface area contributed by atoms with E-state index in [1.54, 1.807) is 31.2 Å². The van der Waals surface area contributed by atoms with Crippen molar-refractivity contribution in [3.05, 3.63) is 106 Å². The summed E-state index contributed by atoms with van der Waals surface area (Å²) in [6.45, 7) is 1.57. The lowest BCUT2D eigenvalue weighted by Gasteiger charge is -2.26. The monoisotopic (exact) mass is 462 g/mol. The Morgan fingerprint density at radius 1 is 0.833 bits per heavy atom. The first-order valence-corrected chi connectivity index (χ1v) is 10.3. The highest BCUT2D eigenvalue weighted by Gasteiger charge is 2.41. The van der Waals surface area contributed by atoms with E-state index in [0.29, 0.717) is 11.1 Å². The van der Waals surface area contributed by atoms with Crippen LogP contribution in [-0.4, -0.2) is 28.7 Å². The summed E-state index contributed by atoms with van der Waals surface area (Å²) in [6, 6.07) is 22.4. The summed E-state index contributed by atoms with van der Waals surface area (Å²) >= 11 is 3.56. The minimum atomic E-state index is -0.953. The Bertz CT molecular complexity index is 1100. The normalized spacial score (nSPS) is 14.9. The summed E-state index contributed by atoms with van der Waals surface area (Å²) in [6.07, 6.45) is 0. The molecule has 0 radical (unpaired) electrons. The number of benzene rings is 3. The van der Waals surface area contributed by atoms with Gasteiger partial charge in [-0.2, -0.15) is 0 Å². The third kappa shape index (κ3) is 3.55. The number of hydrogen-bond donors (Lipinski definition) is 1. The third-order valence-corrected chi connectivity index (χ3v) is 5.95. The van der Waals surface area contributed by atoms with Crippen molar-refractivity contribution >= 4 is 33.7 Å². The summed E-state index contributed by atoms with van der Waals surface area (Å²) in [5, 5.41) is 3.02. The molecule has 1 N–H and O–H groups in total. The highest BCUT2D eigenvalue weighted by atomic mass is 79.9. The maximum atomic E-state index is 13.2. The summed E-state index contributed by atoms with van der Waals surface area (Å²) in [4.78, 5) is 39.7. The van der Waals surface area contributed by atoms with Gasteiger partial charge in [0.25, 0.3) is 11.8 Å². The van der Waals surface area contributed by atoms with Crippen LogP contribution in [0.2, 0.25) is 0 Å². The molecule has 0 saturated carbocycles. The maximum Gasteiger partial charge on any atom is 0.262 e. The van der Waals surface area contributed by atoms with Crippen molar-refractivity contribution in [2.24, 2.45) is 0 Å². The molecule has 2 atom stereocenters. The topological polar surface area (TPSA) is 66.5 Å². The fourth-order valence-electron chi connectivity index (χ4n) is 3.64. The zero-order valence-corrected chi connectivity index (χ0v) is 17.8. The van der Waals surface area contributed by atoms with E-state index < -0.39 is 29.8 Å². The van der Waals surface area contributed by atoms with Gasteiger partial charge >= 0.3 is 0 Å². The van der Waals surface area contributed by atoms with Gasteiger partial charge in [-0.3, -0.25) is 19.3 Å². The lowest BCUT2D eigenvalue weighted by atomic mass is 9.98. The van der Waals surface area contributed by atoms with Gasteiger partial charge < -0.3 is 5.32 Å². The lowest BCUT2D eigenvalue weighted by Crippen LogP contribution is -2.48. The third-order valence-electron chi connectivity index (χ3n) is 5.23. The molecule has 0 bridgehead atoms. The Morgan fingerprint density at radius 3 is 1.97 bits per heavy atom. The van der Waals surface area contributed by atoms with Gasteiger partial charge in [-0.25, -0.2) is 0 Å². The van der Waals surface area contributed by atoms with Crippen LogP contribution in [0.5, 0.6) is 0 Å². The number of rotatable bonds is 5. The fraction of sp³-hybridized carbons (Fsp3) is 0.125. The van der Waals surface area contributed by atoms with Gasteiger partial charge in [0.1, 0.15) is 6.04 Å². The molecule has 0 aliphatic carbocycles. The van der Waals surface area contributed by atoms with Crippen molar-refractivity contribution in [2.75, 3.05) is 0 Å². The van der Waals surface area contributed by atoms with Crippen LogP contribution in [0.3, 0.4) is 0 Å². The average molecular weight is 463 g/mol. The molecule has 3 aromatic rings. The molecule has 1 heterocycles. The first kappa shape index (κ1) is 20.0. The van der Waals surface area contributed by atoms with Crippen LogP contribution in [0.4, 0.5) is 0 Å². The molecule has 2 unspecified atom stereocenters. The Balaban J connectivity index is 1.63. The molecule has 1 aliphatic heterocycles. The molecule has 4 rings (SSSR count). The number of carbonyl (C=O) groups is 3. The predicted molar refractivity (Wildman–Crippen MR) is 117 cm³/mol. The standard InChI is InChI=1S/C24H19BrN2O3/c1-15(27-23(29)17-11-5-6-12-18(17)24(27)30)22(28)26-21(16-9-3-2-4-10-16)19-13-7-8-14-20(19)25/h2-15,21H,1H3,(H,26,28). The Hall–Kier alpha value is -3.25. The van der Waals surface area contributed by atoms with Crippen LogP contribution in [0, 0.1) is 0 Å². The van der Waals surface area contributed by atoms with Crippen LogP contribution in [-0.2, 0) is 4.79 Å². The molecule has 0 fully saturated rings. The zero-order valence-electron chi connectivity index (χ0n) is 16.2. The van der Waals surface area contributed by atoms with Crippen molar-refractivity contribution in [1.82, 2.24) is 10.2 Å². The smallest absolute Gasteiger partial charge is 0.262 e. The average Bonchev–Trinajstić information content (AvgIpc) is 3.03. The molecule has 0 spiro atoms. The van der Waals surface area contributed by atoms with Crippen LogP contribution >= 0.6 is 15.9 Å². The summed E-state index contributed by atoms with van der Waals surface area (Å²) in [5.41, 5.74) is 2.43. The van der Waals surface area contributed by atoms with Crippen LogP contribution in [0.15, 0.2) is 83.3 Å². The number of halogens is 1. The largest absolute Gasteiger partial charge is 0.343 e. The van der Waals surface area contributed by atoms with Crippen molar-refractivity contribution in [3.8, 4) is 0 Å². The van der Waals surface area contributed by atoms with Gasteiger partial charge in [0.15, 0.2) is 0 Å². The van der Waals surface area contributed by atoms with Gasteiger partial charge in [0.05, 0.1) is 17.2 Å². The van der Waals surface area contributed by atoms with Crippen LogP contribution in [0.1, 0.15) is 44.8 Å². The quantitative estimate of drug-likeness (QED) is 0.573. The zero-order chi connectivity index (χ0) is 21.3. The van der Waals surface area contributed by atoms with E-state index in [0.717, 1.165) is 20.5 Å². The number of nitrogens with zero attached hydrogens (tertiary/aromatic N) is 1. The molecule has 3 aromatic carbocycles. The van der Waals surface area contributed by atoms with Gasteiger partial charge in [0, 0.05) is 4.47 Å². The number of carbonyl (C=O) groups excluding carboxylic acids is 3. The van der Waals surface area contributed by atoms with Crippen molar-refractivity contribution in [2.45, 2.75) is 19.0 Å². The number of hydrogen-bond acceptors (Lipinski definition) is 3. The van der Waals surface area contributed by atoms with Crippen molar-refractivity contribution in [3.63, 3.8) is 0 Å². The first-order chi connectivity index (χ1) is 14.5. The molecule has 150 valence electrons. The van der Waals surface area contributed by atoms with Gasteiger partial charge in [-0.05, 0) is 36.2 Å². The predicted octanol–water partition coefficient (Wildman–Crippen LogP) is 4.34. The van der Waals surface area contributed by atoms with E-state index in [9.17, 15) is 14.4 Å². The highest BCUT2D eigenvalue weighted by molar-refractivity contribution is 9.10. The van der Waals surface area contributed by atoms with E-state index in [1.807, 2.05) is 54.6 Å². The van der Waals surface area contributed by atoms with Crippen molar-refractivity contribution in [1.29, 1.82) is 0 Å². The van der Waals surface area contributed by atoms with Gasteiger partial charge in [-0.1, -0.05) is 76.6 Å². The number of imide groups is 1. The molecule has 1 aliphatic rings. The van der Waals surface area contributed by atoms with Crippen LogP contribution < -0.4 is 5.32 Å². The second-order valence-corrected chi connectivity index (χ2v) is 7.93. The highest BCUT2D eigenvalue weighted by Crippen LogP contribution is 2.29. The second-order valence-electron chi connectivity index (χ2n) is 7.08.